The van der Waals surface area contributed by atoms with Gasteiger partial charge in [0, 0.05) is 0 Å². The van der Waals surface area contributed by atoms with Gasteiger partial charge < -0.3 is 9.90 Å². The Kier molecular flexibility index (Phi) is 3.44. The Hall–Kier alpha value is -1.09. The lowest BCUT2D eigenvalue weighted by atomic mass is 10.1. The number of hydrogen-bond donors (Lipinski definition) is 0. The zero-order valence-electron chi connectivity index (χ0n) is 8.64. The number of carbonyl (C=O) groups is 1. The van der Waals surface area contributed by atoms with Crippen LogP contribution in [0, 0.1) is 0 Å². The fourth-order valence-corrected chi connectivity index (χ4v) is 1.36. The summed E-state index contributed by atoms with van der Waals surface area (Å²) in [5.41, 5.74) is 0. The van der Waals surface area contributed by atoms with E-state index in [1.165, 1.54) is 0 Å². The molecule has 130 valence electrons. The first-order valence-electron chi connectivity index (χ1n) is 3.90. The Bertz CT molecular complexity index is 460. The second-order valence-corrected chi connectivity index (χ2v) is 5.95. The number of alkyl halides is 8. The van der Waals surface area contributed by atoms with Crippen LogP contribution in [0.2, 0.25) is 0 Å². The van der Waals surface area contributed by atoms with Gasteiger partial charge in [0.1, 0.15) is 5.97 Å². The summed E-state index contributed by atoms with van der Waals surface area (Å²) in [4.78, 5) is 9.47. The Morgan fingerprint density at radius 1 is 0.714 bits per heavy atom. The molecule has 0 aromatic heterocycles. The number of carboxylic acid groups (broad SMARTS) is 1. The first kappa shape index (κ1) is 19.9. The van der Waals surface area contributed by atoms with Crippen LogP contribution in [0.15, 0.2) is 0 Å². The fraction of sp³-hybridized carbons (Fsp3) is 0.800. The van der Waals surface area contributed by atoms with E-state index in [2.05, 4.69) is 0 Å². The molecular weight excluding hydrogens is 371 g/mol. The van der Waals surface area contributed by atoms with Crippen LogP contribution in [-0.2, 0) is 4.79 Å². The molecule has 0 fully saturated rings. The number of rotatable bonds is 5. The molecule has 16 heteroatoms. The molecule has 0 amide bonds. The second kappa shape index (κ2) is 3.62. The van der Waals surface area contributed by atoms with Crippen molar-refractivity contribution in [3.63, 3.8) is 0 Å². The van der Waals surface area contributed by atoms with Crippen LogP contribution in [0.3, 0.4) is 0 Å². The van der Waals surface area contributed by atoms with Gasteiger partial charge in [-0.3, -0.25) is 0 Å². The molecular formula is C5F13O2S-. The zero-order chi connectivity index (χ0) is 18.0. The smallest absolute Gasteiger partial charge is 0.450 e. The molecule has 0 radical (unpaired) electrons. The number of hydrogen-bond acceptors (Lipinski definition) is 2. The highest BCUT2D eigenvalue weighted by atomic mass is 32.5. The van der Waals surface area contributed by atoms with Gasteiger partial charge in [-0.25, -0.2) is 0 Å². The van der Waals surface area contributed by atoms with Crippen molar-refractivity contribution in [3.05, 3.63) is 0 Å². The highest BCUT2D eigenvalue weighted by Gasteiger charge is 2.97. The molecule has 0 spiro atoms. The fourth-order valence-electron chi connectivity index (χ4n) is 0.750. The summed E-state index contributed by atoms with van der Waals surface area (Å²) in [5, 5.41) is 0.537. The summed E-state index contributed by atoms with van der Waals surface area (Å²) in [7, 11) is -12.8. The predicted octanol–water partition coefficient (Wildman–Crippen LogP) is 3.53. The summed E-state index contributed by atoms with van der Waals surface area (Å²) in [6.45, 7) is 0. The van der Waals surface area contributed by atoms with Gasteiger partial charge >= 0.3 is 33.2 Å². The van der Waals surface area contributed by atoms with E-state index >= 15 is 0 Å². The molecule has 21 heavy (non-hydrogen) atoms. The largest absolute Gasteiger partial charge is 0.544 e. The average Bonchev–Trinajstić information content (AvgIpc) is 2.11. The van der Waals surface area contributed by atoms with Crippen LogP contribution >= 0.6 is 10.2 Å². The van der Waals surface area contributed by atoms with E-state index in [1.54, 1.807) is 0 Å². The molecule has 0 saturated carbocycles. The van der Waals surface area contributed by atoms with Gasteiger partial charge in [-0.2, -0.15) is 35.1 Å². The number of halogens is 13. The lowest BCUT2D eigenvalue weighted by Gasteiger charge is -2.50. The first-order valence-corrected chi connectivity index (χ1v) is 5.85. The predicted molar refractivity (Wildman–Crippen MR) is 37.9 cm³/mol. The number of carbonyl (C=O) groups excluding carboxylic acids is 1. The van der Waals surface area contributed by atoms with Crippen molar-refractivity contribution in [1.29, 1.82) is 0 Å². The monoisotopic (exact) mass is 371 g/mol. The minimum atomic E-state index is -12.8. The highest BCUT2D eigenvalue weighted by molar-refractivity contribution is 8.46. The lowest BCUT2D eigenvalue weighted by Crippen LogP contribution is -2.68. The third-order valence-electron chi connectivity index (χ3n) is 1.90. The molecule has 0 saturated heterocycles. The molecule has 0 bridgehead atoms. The SMILES string of the molecule is O=C([O-])C(F)(F)C(F)(F)C(F)(F)C(F)(F)S(F)(F)(F)(F)F. The first-order chi connectivity index (χ1) is 8.44. The summed E-state index contributed by atoms with van der Waals surface area (Å²) in [5.74, 6) is -28.3. The average molecular weight is 371 g/mol. The maximum absolute atomic E-state index is 12.8. The zero-order valence-corrected chi connectivity index (χ0v) is 9.45. The van der Waals surface area contributed by atoms with E-state index in [0.29, 0.717) is 0 Å². The van der Waals surface area contributed by atoms with Crippen molar-refractivity contribution >= 4 is 16.2 Å². The maximum atomic E-state index is 12.4. The van der Waals surface area contributed by atoms with Crippen molar-refractivity contribution in [2.24, 2.45) is 0 Å². The molecule has 0 unspecified atom stereocenters. The van der Waals surface area contributed by atoms with Crippen molar-refractivity contribution in [2.75, 3.05) is 0 Å². The van der Waals surface area contributed by atoms with E-state index in [4.69, 9.17) is 0 Å². The topological polar surface area (TPSA) is 40.1 Å². The minimum Gasteiger partial charge on any atom is -0.544 e. The van der Waals surface area contributed by atoms with Gasteiger partial charge in [-0.15, -0.1) is 0 Å². The molecule has 0 heterocycles. The van der Waals surface area contributed by atoms with E-state index < -0.39 is 39.2 Å². The van der Waals surface area contributed by atoms with Crippen LogP contribution in [0.1, 0.15) is 0 Å². The van der Waals surface area contributed by atoms with Crippen molar-refractivity contribution < 1.29 is 64.5 Å². The molecule has 0 atom stereocenters. The molecule has 0 aliphatic heterocycles. The molecule has 0 aliphatic rings. The summed E-state index contributed by atoms with van der Waals surface area (Å²) in [6.07, 6.45) is 0. The standard InChI is InChI=1S/C5HF13O2S/c6-2(7,1(19)20)3(8,9)4(10,11)5(12,13)21(14,15,16,17)18/h(H,19,20)/p-1. The van der Waals surface area contributed by atoms with E-state index in [-0.39, 0.29) is 0 Å². The van der Waals surface area contributed by atoms with Crippen molar-refractivity contribution in [3.8, 4) is 0 Å². The Labute approximate surface area is 105 Å². The molecule has 2 nitrogen and oxygen atoms in total. The van der Waals surface area contributed by atoms with Gasteiger partial charge in [-0.05, 0) is 0 Å². The number of aliphatic carboxylic acids is 1. The summed E-state index contributed by atoms with van der Waals surface area (Å²) in [6, 6.07) is 0. The Morgan fingerprint density at radius 3 is 1.19 bits per heavy atom. The molecule has 0 aromatic rings. The van der Waals surface area contributed by atoms with Crippen LogP contribution in [0.4, 0.5) is 54.6 Å². The minimum absolute atomic E-state index is 4.48. The van der Waals surface area contributed by atoms with Crippen LogP contribution < -0.4 is 5.11 Å². The van der Waals surface area contributed by atoms with E-state index in [1.807, 2.05) is 0 Å². The molecule has 0 N–H and O–H groups in total. The summed E-state index contributed by atoms with van der Waals surface area (Å²) >= 11 is 0. The van der Waals surface area contributed by atoms with Gasteiger partial charge in [0.05, 0.1) is 0 Å². The van der Waals surface area contributed by atoms with Gasteiger partial charge in [0.15, 0.2) is 0 Å². The summed E-state index contributed by atoms with van der Waals surface area (Å²) < 4.78 is 156. The van der Waals surface area contributed by atoms with Crippen LogP contribution in [0.25, 0.3) is 0 Å². The maximum Gasteiger partial charge on any atom is 0.450 e. The van der Waals surface area contributed by atoms with Crippen molar-refractivity contribution in [2.45, 2.75) is 23.0 Å². The van der Waals surface area contributed by atoms with Crippen molar-refractivity contribution in [1.82, 2.24) is 0 Å². The second-order valence-electron chi connectivity index (χ2n) is 3.50. The normalized spacial score (nSPS) is 18.9. The van der Waals surface area contributed by atoms with E-state index in [9.17, 15) is 64.5 Å². The third kappa shape index (κ3) is 2.46. The molecule has 0 rings (SSSR count). The van der Waals surface area contributed by atoms with Gasteiger partial charge in [0.2, 0.25) is 0 Å². The highest BCUT2D eigenvalue weighted by Crippen LogP contribution is 3.06. The molecule has 0 aliphatic carbocycles. The van der Waals surface area contributed by atoms with Crippen LogP contribution in [0.5, 0.6) is 0 Å². The Morgan fingerprint density at radius 2 is 1.00 bits per heavy atom. The molecule has 0 aromatic carbocycles. The Balaban J connectivity index is 6.45. The number of carboxylic acids is 1. The van der Waals surface area contributed by atoms with Crippen LogP contribution in [-0.4, -0.2) is 29.0 Å². The quantitative estimate of drug-likeness (QED) is 0.694. The van der Waals surface area contributed by atoms with Gasteiger partial charge in [0.25, 0.3) is 0 Å². The van der Waals surface area contributed by atoms with Gasteiger partial charge in [-0.1, -0.05) is 19.4 Å². The van der Waals surface area contributed by atoms with E-state index in [0.717, 1.165) is 0 Å². The third-order valence-corrected chi connectivity index (χ3v) is 3.12. The lowest BCUT2D eigenvalue weighted by molar-refractivity contribution is -0.385.